The Morgan fingerprint density at radius 2 is 1.76 bits per heavy atom. The van der Waals surface area contributed by atoms with Gasteiger partial charge in [-0.3, -0.25) is 4.90 Å². The zero-order chi connectivity index (χ0) is 19.5. The lowest BCUT2D eigenvalue weighted by Crippen LogP contribution is -2.60. The minimum Gasteiger partial charge on any atom is -0.444 e. The maximum absolute atomic E-state index is 13.4. The SMILES string of the molecule is CC(C)(C)OC(=O)N1[C@@H](C(C)(C)S(=O)(=O)C2(CBr)CC2)COC1(C)C. The van der Waals surface area contributed by atoms with Crippen molar-refractivity contribution in [1.29, 1.82) is 0 Å². The Kier molecular flexibility index (Phi) is 5.11. The number of nitrogens with zero attached hydrogens (tertiary/aromatic N) is 1. The molecule has 6 nitrogen and oxygen atoms in total. The number of alkyl halides is 1. The van der Waals surface area contributed by atoms with Gasteiger partial charge in [-0.1, -0.05) is 15.9 Å². The van der Waals surface area contributed by atoms with Crippen LogP contribution in [0.5, 0.6) is 0 Å². The topological polar surface area (TPSA) is 72.9 Å². The van der Waals surface area contributed by atoms with Gasteiger partial charge in [0.2, 0.25) is 0 Å². The Morgan fingerprint density at radius 3 is 2.16 bits per heavy atom. The number of carbonyl (C=O) groups excluding carboxylic acids is 1. The van der Waals surface area contributed by atoms with Crippen LogP contribution in [0.4, 0.5) is 4.79 Å². The van der Waals surface area contributed by atoms with E-state index < -0.39 is 42.8 Å². The normalized spacial score (nSPS) is 25.8. The van der Waals surface area contributed by atoms with Crippen molar-refractivity contribution in [2.75, 3.05) is 11.9 Å². The summed E-state index contributed by atoms with van der Waals surface area (Å²) in [6.45, 7) is 12.4. The summed E-state index contributed by atoms with van der Waals surface area (Å²) in [4.78, 5) is 14.3. The highest BCUT2D eigenvalue weighted by atomic mass is 79.9. The summed E-state index contributed by atoms with van der Waals surface area (Å²) in [5.41, 5.74) is -1.60. The van der Waals surface area contributed by atoms with E-state index in [0.717, 1.165) is 0 Å². The second-order valence-electron chi connectivity index (χ2n) is 9.05. The van der Waals surface area contributed by atoms with Gasteiger partial charge < -0.3 is 9.47 Å². The van der Waals surface area contributed by atoms with E-state index in [1.807, 2.05) is 0 Å². The first kappa shape index (κ1) is 21.0. The van der Waals surface area contributed by atoms with Crippen LogP contribution >= 0.6 is 15.9 Å². The Hall–Kier alpha value is -0.340. The Morgan fingerprint density at radius 1 is 1.24 bits per heavy atom. The average Bonchev–Trinajstić information content (AvgIpc) is 3.15. The highest BCUT2D eigenvalue weighted by Crippen LogP contribution is 2.51. The number of halogens is 1. The van der Waals surface area contributed by atoms with Crippen LogP contribution in [0.3, 0.4) is 0 Å². The highest BCUT2D eigenvalue weighted by Gasteiger charge is 2.64. The molecule has 0 radical (unpaired) electrons. The number of hydrogen-bond donors (Lipinski definition) is 0. The summed E-state index contributed by atoms with van der Waals surface area (Å²) in [5, 5.41) is 0.412. The minimum atomic E-state index is -3.50. The molecule has 1 saturated carbocycles. The number of ether oxygens (including phenoxy) is 2. The summed E-state index contributed by atoms with van der Waals surface area (Å²) in [6, 6.07) is -0.612. The molecule has 2 rings (SSSR count). The largest absolute Gasteiger partial charge is 0.444 e. The molecule has 146 valence electrons. The third-order valence-corrected chi connectivity index (χ3v) is 9.99. The van der Waals surface area contributed by atoms with E-state index in [0.29, 0.717) is 18.2 Å². The van der Waals surface area contributed by atoms with Crippen LogP contribution in [0.15, 0.2) is 0 Å². The van der Waals surface area contributed by atoms with Gasteiger partial charge in [0, 0.05) is 5.33 Å². The van der Waals surface area contributed by atoms with Crippen LogP contribution in [0.25, 0.3) is 0 Å². The van der Waals surface area contributed by atoms with Gasteiger partial charge in [0.25, 0.3) is 0 Å². The summed E-state index contributed by atoms with van der Waals surface area (Å²) in [5.74, 6) is 0. The van der Waals surface area contributed by atoms with Crippen molar-refractivity contribution < 1.29 is 22.7 Å². The molecule has 0 aromatic heterocycles. The lowest BCUT2D eigenvalue weighted by molar-refractivity contribution is -0.0634. The highest BCUT2D eigenvalue weighted by molar-refractivity contribution is 9.09. The van der Waals surface area contributed by atoms with Gasteiger partial charge in [-0.25, -0.2) is 13.2 Å². The first-order valence-corrected chi connectivity index (χ1v) is 11.2. The first-order chi connectivity index (χ1) is 11.1. The Balaban J connectivity index is 2.40. The molecule has 0 unspecified atom stereocenters. The molecule has 0 bridgehead atoms. The molecule has 1 aliphatic heterocycles. The van der Waals surface area contributed by atoms with Crippen molar-refractivity contribution in [2.24, 2.45) is 0 Å². The van der Waals surface area contributed by atoms with Gasteiger partial charge in [0.15, 0.2) is 9.84 Å². The summed E-state index contributed by atoms with van der Waals surface area (Å²) in [6.07, 6.45) is 0.743. The zero-order valence-corrected chi connectivity index (χ0v) is 18.6. The maximum atomic E-state index is 13.4. The van der Waals surface area contributed by atoms with Gasteiger partial charge in [0.1, 0.15) is 11.3 Å². The average molecular weight is 440 g/mol. The van der Waals surface area contributed by atoms with Crippen molar-refractivity contribution in [3.05, 3.63) is 0 Å². The molecule has 8 heteroatoms. The lowest BCUT2D eigenvalue weighted by Gasteiger charge is -2.42. The van der Waals surface area contributed by atoms with Gasteiger partial charge in [0.05, 0.1) is 22.1 Å². The van der Waals surface area contributed by atoms with Crippen molar-refractivity contribution in [3.63, 3.8) is 0 Å². The molecule has 0 spiro atoms. The molecule has 25 heavy (non-hydrogen) atoms. The van der Waals surface area contributed by atoms with Crippen LogP contribution in [0.2, 0.25) is 0 Å². The third kappa shape index (κ3) is 3.46. The van der Waals surface area contributed by atoms with Gasteiger partial charge in [-0.05, 0) is 61.3 Å². The standard InChI is InChI=1S/C17H30BrNO5S/c1-14(2,3)24-13(20)19-12(10-23-16(19,6)7)15(4,5)25(21,22)17(11-18)8-9-17/h12H,8-11H2,1-7H3/t12-/m1/s1. The molecule has 1 heterocycles. The molecule has 2 aliphatic rings. The molecular weight excluding hydrogens is 410 g/mol. The van der Waals surface area contributed by atoms with E-state index in [2.05, 4.69) is 15.9 Å². The fourth-order valence-electron chi connectivity index (χ4n) is 3.32. The van der Waals surface area contributed by atoms with Crippen LogP contribution in [-0.2, 0) is 19.3 Å². The van der Waals surface area contributed by atoms with Crippen LogP contribution < -0.4 is 0 Å². The van der Waals surface area contributed by atoms with E-state index in [9.17, 15) is 13.2 Å². The molecule has 1 saturated heterocycles. The lowest BCUT2D eigenvalue weighted by atomic mass is 10.0. The molecule has 0 aromatic rings. The fourth-order valence-corrected chi connectivity index (χ4v) is 7.22. The second kappa shape index (κ2) is 6.09. The fraction of sp³-hybridized carbons (Fsp3) is 0.941. The number of amides is 1. The molecule has 0 N–H and O–H groups in total. The van der Waals surface area contributed by atoms with Crippen LogP contribution in [-0.4, -0.2) is 58.2 Å². The van der Waals surface area contributed by atoms with Crippen LogP contribution in [0, 0.1) is 0 Å². The quantitative estimate of drug-likeness (QED) is 0.626. The number of sulfone groups is 1. The minimum absolute atomic E-state index is 0.164. The molecule has 1 aliphatic carbocycles. The van der Waals surface area contributed by atoms with E-state index in [-0.39, 0.29) is 6.61 Å². The number of carbonyl (C=O) groups is 1. The molecule has 0 aromatic carbocycles. The monoisotopic (exact) mass is 439 g/mol. The zero-order valence-electron chi connectivity index (χ0n) is 16.2. The van der Waals surface area contributed by atoms with E-state index in [1.165, 1.54) is 4.90 Å². The predicted molar refractivity (Wildman–Crippen MR) is 101 cm³/mol. The molecule has 2 fully saturated rings. The Bertz CT molecular complexity index is 646. The summed E-state index contributed by atoms with van der Waals surface area (Å²) in [7, 11) is -3.50. The second-order valence-corrected chi connectivity index (χ2v) is 12.5. The van der Waals surface area contributed by atoms with Crippen molar-refractivity contribution in [2.45, 2.75) is 88.2 Å². The van der Waals surface area contributed by atoms with Gasteiger partial charge in [-0.15, -0.1) is 0 Å². The smallest absolute Gasteiger partial charge is 0.412 e. The Labute approximate surface area is 159 Å². The van der Waals surface area contributed by atoms with Crippen molar-refractivity contribution in [3.8, 4) is 0 Å². The van der Waals surface area contributed by atoms with E-state index in [4.69, 9.17) is 9.47 Å². The van der Waals surface area contributed by atoms with E-state index >= 15 is 0 Å². The molecule has 1 amide bonds. The first-order valence-electron chi connectivity index (χ1n) is 8.58. The van der Waals surface area contributed by atoms with Gasteiger partial charge in [-0.2, -0.15) is 0 Å². The number of hydrogen-bond acceptors (Lipinski definition) is 5. The molecular formula is C17H30BrNO5S. The summed E-state index contributed by atoms with van der Waals surface area (Å²) < 4.78 is 36.1. The van der Waals surface area contributed by atoms with Gasteiger partial charge >= 0.3 is 6.09 Å². The molecule has 1 atom stereocenters. The maximum Gasteiger partial charge on any atom is 0.412 e. The van der Waals surface area contributed by atoms with E-state index in [1.54, 1.807) is 48.5 Å². The summed E-state index contributed by atoms with van der Waals surface area (Å²) >= 11 is 3.36. The van der Waals surface area contributed by atoms with Crippen LogP contribution in [0.1, 0.15) is 61.3 Å². The van der Waals surface area contributed by atoms with Crippen molar-refractivity contribution in [1.82, 2.24) is 4.90 Å². The third-order valence-electron chi connectivity index (χ3n) is 5.19. The number of rotatable bonds is 4. The predicted octanol–water partition coefficient (Wildman–Crippen LogP) is 3.48. The van der Waals surface area contributed by atoms with Crippen molar-refractivity contribution >= 4 is 31.9 Å².